The lowest BCUT2D eigenvalue weighted by molar-refractivity contribution is -0.146. The van der Waals surface area contributed by atoms with Crippen molar-refractivity contribution in [2.45, 2.75) is 20.0 Å². The molecule has 0 aliphatic carbocycles. The van der Waals surface area contributed by atoms with Crippen molar-refractivity contribution >= 4 is 11.8 Å². The summed E-state index contributed by atoms with van der Waals surface area (Å²) in [4.78, 5) is 21.7. The molecule has 0 aromatic heterocycles. The maximum atomic E-state index is 11.1. The van der Waals surface area contributed by atoms with E-state index in [1.165, 1.54) is 6.92 Å². The first-order valence-electron chi connectivity index (χ1n) is 4.76. The Morgan fingerprint density at radius 2 is 2.19 bits per heavy atom. The molecule has 4 nitrogen and oxygen atoms in total. The molecule has 0 aliphatic rings. The zero-order chi connectivity index (χ0) is 12.0. The van der Waals surface area contributed by atoms with Crippen LogP contribution in [0.4, 0.5) is 0 Å². The van der Waals surface area contributed by atoms with Crippen LogP contribution in [0, 0.1) is 11.3 Å². The van der Waals surface area contributed by atoms with E-state index in [9.17, 15) is 9.59 Å². The molecule has 82 valence electrons. The standard InChI is InChI=1S/C12H11NO3/c1-9(14)5-12(15)16-8-11-4-2-3-10(6-11)7-13/h2-4,6H,5,8H2,1H3. The minimum absolute atomic E-state index is 0.0850. The molecular formula is C12H11NO3. The lowest BCUT2D eigenvalue weighted by Gasteiger charge is -2.03. The number of nitriles is 1. The molecule has 0 amide bonds. The third-order valence-electron chi connectivity index (χ3n) is 1.85. The first kappa shape index (κ1) is 11.9. The molecule has 16 heavy (non-hydrogen) atoms. The van der Waals surface area contributed by atoms with Crippen molar-refractivity contribution in [1.29, 1.82) is 5.26 Å². The average Bonchev–Trinajstić information content (AvgIpc) is 2.26. The van der Waals surface area contributed by atoms with Crippen molar-refractivity contribution in [2.24, 2.45) is 0 Å². The van der Waals surface area contributed by atoms with Gasteiger partial charge in [0.25, 0.3) is 0 Å². The van der Waals surface area contributed by atoms with Gasteiger partial charge in [0, 0.05) is 0 Å². The lowest BCUT2D eigenvalue weighted by Crippen LogP contribution is -2.08. The number of rotatable bonds is 4. The van der Waals surface area contributed by atoms with E-state index in [0.717, 1.165) is 5.56 Å². The second-order valence-electron chi connectivity index (χ2n) is 3.35. The van der Waals surface area contributed by atoms with Crippen molar-refractivity contribution in [3.8, 4) is 6.07 Å². The van der Waals surface area contributed by atoms with Crippen molar-refractivity contribution in [2.75, 3.05) is 0 Å². The number of carbonyl (C=O) groups is 2. The normalized spacial score (nSPS) is 9.25. The molecular weight excluding hydrogens is 206 g/mol. The first-order chi connectivity index (χ1) is 7.61. The summed E-state index contributed by atoms with van der Waals surface area (Å²) >= 11 is 0. The van der Waals surface area contributed by atoms with E-state index in [4.69, 9.17) is 10.00 Å². The summed E-state index contributed by atoms with van der Waals surface area (Å²) in [5.74, 6) is -0.773. The van der Waals surface area contributed by atoms with Crippen LogP contribution < -0.4 is 0 Å². The lowest BCUT2D eigenvalue weighted by atomic mass is 10.1. The predicted octanol–water partition coefficient (Wildman–Crippen LogP) is 1.58. The van der Waals surface area contributed by atoms with E-state index in [0.29, 0.717) is 5.56 Å². The molecule has 4 heteroatoms. The van der Waals surface area contributed by atoms with E-state index in [-0.39, 0.29) is 18.8 Å². The van der Waals surface area contributed by atoms with Crippen molar-refractivity contribution in [1.82, 2.24) is 0 Å². The molecule has 0 saturated heterocycles. The Kier molecular flexibility index (Phi) is 4.22. The highest BCUT2D eigenvalue weighted by molar-refractivity contribution is 5.94. The minimum atomic E-state index is -0.546. The Hall–Kier alpha value is -2.15. The SMILES string of the molecule is CC(=O)CC(=O)OCc1cccc(C#N)c1. The Bertz CT molecular complexity index is 446. The number of carbonyl (C=O) groups excluding carboxylic acids is 2. The topological polar surface area (TPSA) is 67.2 Å². The van der Waals surface area contributed by atoms with Gasteiger partial charge in [-0.2, -0.15) is 5.26 Å². The predicted molar refractivity (Wildman–Crippen MR) is 56.3 cm³/mol. The molecule has 0 radical (unpaired) electrons. The van der Waals surface area contributed by atoms with Gasteiger partial charge in [-0.1, -0.05) is 12.1 Å². The van der Waals surface area contributed by atoms with Crippen LogP contribution in [0.5, 0.6) is 0 Å². The molecule has 1 aromatic carbocycles. The highest BCUT2D eigenvalue weighted by Gasteiger charge is 2.06. The maximum Gasteiger partial charge on any atom is 0.313 e. The van der Waals surface area contributed by atoms with Gasteiger partial charge in [0.15, 0.2) is 0 Å². The van der Waals surface area contributed by atoms with Crippen LogP contribution in [0.2, 0.25) is 0 Å². The van der Waals surface area contributed by atoms with E-state index >= 15 is 0 Å². The van der Waals surface area contributed by atoms with Crippen LogP contribution in [-0.4, -0.2) is 11.8 Å². The molecule has 0 unspecified atom stereocenters. The number of ketones is 1. The van der Waals surface area contributed by atoms with Crippen LogP contribution in [0.15, 0.2) is 24.3 Å². The largest absolute Gasteiger partial charge is 0.460 e. The van der Waals surface area contributed by atoms with Crippen LogP contribution in [0.25, 0.3) is 0 Å². The molecule has 0 N–H and O–H groups in total. The monoisotopic (exact) mass is 217 g/mol. The fourth-order valence-electron chi connectivity index (χ4n) is 1.15. The van der Waals surface area contributed by atoms with Gasteiger partial charge >= 0.3 is 5.97 Å². The Morgan fingerprint density at radius 3 is 2.81 bits per heavy atom. The van der Waals surface area contributed by atoms with Gasteiger partial charge in [-0.15, -0.1) is 0 Å². The first-order valence-corrected chi connectivity index (χ1v) is 4.76. The average molecular weight is 217 g/mol. The van der Waals surface area contributed by atoms with Gasteiger partial charge in [0.2, 0.25) is 0 Å². The van der Waals surface area contributed by atoms with Crippen LogP contribution in [0.3, 0.4) is 0 Å². The molecule has 0 aliphatic heterocycles. The number of esters is 1. The third-order valence-corrected chi connectivity index (χ3v) is 1.85. The zero-order valence-corrected chi connectivity index (χ0v) is 8.90. The smallest absolute Gasteiger partial charge is 0.313 e. The number of ether oxygens (including phenoxy) is 1. The van der Waals surface area contributed by atoms with Gasteiger partial charge in [0.05, 0.1) is 11.6 Å². The summed E-state index contributed by atoms with van der Waals surface area (Å²) in [6.45, 7) is 1.42. The molecule has 0 heterocycles. The number of nitrogens with zero attached hydrogens (tertiary/aromatic N) is 1. The van der Waals surface area contributed by atoms with E-state index < -0.39 is 5.97 Å². The molecule has 0 spiro atoms. The third kappa shape index (κ3) is 3.93. The summed E-state index contributed by atoms with van der Waals surface area (Å²) < 4.78 is 4.87. The van der Waals surface area contributed by atoms with Crippen molar-refractivity contribution in [3.63, 3.8) is 0 Å². The minimum Gasteiger partial charge on any atom is -0.460 e. The fourth-order valence-corrected chi connectivity index (χ4v) is 1.15. The zero-order valence-electron chi connectivity index (χ0n) is 8.90. The highest BCUT2D eigenvalue weighted by atomic mass is 16.5. The summed E-state index contributed by atoms with van der Waals surface area (Å²) in [5, 5.41) is 8.66. The van der Waals surface area contributed by atoms with Gasteiger partial charge in [-0.05, 0) is 24.6 Å². The quantitative estimate of drug-likeness (QED) is 0.567. The number of hydrogen-bond acceptors (Lipinski definition) is 4. The van der Waals surface area contributed by atoms with Crippen LogP contribution in [0.1, 0.15) is 24.5 Å². The van der Waals surface area contributed by atoms with Crippen LogP contribution >= 0.6 is 0 Å². The van der Waals surface area contributed by atoms with Gasteiger partial charge < -0.3 is 4.74 Å². The molecule has 0 fully saturated rings. The number of benzene rings is 1. The van der Waals surface area contributed by atoms with Gasteiger partial charge in [-0.3, -0.25) is 9.59 Å². The molecule has 1 rings (SSSR count). The highest BCUT2D eigenvalue weighted by Crippen LogP contribution is 2.06. The molecule has 0 bridgehead atoms. The van der Waals surface area contributed by atoms with Crippen LogP contribution in [-0.2, 0) is 20.9 Å². The second-order valence-corrected chi connectivity index (χ2v) is 3.35. The van der Waals surface area contributed by atoms with E-state index in [2.05, 4.69) is 0 Å². The summed E-state index contributed by atoms with van der Waals surface area (Å²) in [7, 11) is 0. The Labute approximate surface area is 93.5 Å². The van der Waals surface area contributed by atoms with E-state index in [1.54, 1.807) is 24.3 Å². The number of Topliss-reactive ketones (excluding diaryl/α,β-unsaturated/α-hetero) is 1. The van der Waals surface area contributed by atoms with Crippen molar-refractivity contribution in [3.05, 3.63) is 35.4 Å². The summed E-state index contributed by atoms with van der Waals surface area (Å²) in [6.07, 6.45) is -0.210. The number of hydrogen-bond donors (Lipinski definition) is 0. The van der Waals surface area contributed by atoms with E-state index in [1.807, 2.05) is 6.07 Å². The Morgan fingerprint density at radius 1 is 1.44 bits per heavy atom. The molecule has 0 atom stereocenters. The molecule has 0 saturated carbocycles. The van der Waals surface area contributed by atoms with Gasteiger partial charge in [0.1, 0.15) is 18.8 Å². The van der Waals surface area contributed by atoms with Gasteiger partial charge in [-0.25, -0.2) is 0 Å². The maximum absolute atomic E-state index is 11.1. The molecule has 1 aromatic rings. The Balaban J connectivity index is 2.52. The second kappa shape index (κ2) is 5.66. The summed E-state index contributed by atoms with van der Waals surface area (Å²) in [6, 6.07) is 8.77. The summed E-state index contributed by atoms with van der Waals surface area (Å²) in [5.41, 5.74) is 1.25. The fraction of sp³-hybridized carbons (Fsp3) is 0.250. The van der Waals surface area contributed by atoms with Crippen molar-refractivity contribution < 1.29 is 14.3 Å².